The molecule has 0 atom stereocenters. The van der Waals surface area contributed by atoms with Crippen molar-refractivity contribution in [2.45, 2.75) is 32.1 Å². The van der Waals surface area contributed by atoms with Crippen LogP contribution in [0.15, 0.2) is 29.3 Å². The third-order valence-corrected chi connectivity index (χ3v) is 5.91. The number of ether oxygens (including phenoxy) is 1. The molecule has 1 aromatic rings. The summed E-state index contributed by atoms with van der Waals surface area (Å²) in [6.45, 7) is 5.06. The molecular weight excluding hydrogens is 366 g/mol. The van der Waals surface area contributed by atoms with Gasteiger partial charge in [0.2, 0.25) is 5.91 Å². The number of aliphatic imine (C=N–C) groups is 1. The van der Waals surface area contributed by atoms with Gasteiger partial charge in [0.25, 0.3) is 0 Å². The fourth-order valence-corrected chi connectivity index (χ4v) is 4.23. The topological polar surface area (TPSA) is 69.2 Å². The van der Waals surface area contributed by atoms with Crippen molar-refractivity contribution in [3.63, 3.8) is 0 Å². The first-order valence-corrected chi connectivity index (χ1v) is 10.8. The Morgan fingerprint density at radius 1 is 1.07 bits per heavy atom. The summed E-state index contributed by atoms with van der Waals surface area (Å²) in [6.07, 6.45) is 5.66. The van der Waals surface area contributed by atoms with E-state index in [0.717, 1.165) is 37.9 Å². The van der Waals surface area contributed by atoms with E-state index >= 15 is 0 Å². The second kappa shape index (κ2) is 10.9. The largest absolute Gasteiger partial charge is 0.497 e. The lowest BCUT2D eigenvalue weighted by Crippen LogP contribution is -2.53. The second-order valence-corrected chi connectivity index (χ2v) is 7.85. The number of guanidine groups is 1. The smallest absolute Gasteiger partial charge is 0.220 e. The fraction of sp³-hybridized carbons (Fsp3) is 0.636. The number of amides is 1. The monoisotopic (exact) mass is 401 g/mol. The molecule has 29 heavy (non-hydrogen) atoms. The Morgan fingerprint density at radius 3 is 2.34 bits per heavy atom. The molecule has 160 valence electrons. The number of piperazine rings is 1. The molecule has 1 saturated carbocycles. The Hall–Kier alpha value is -2.44. The molecule has 0 spiro atoms. The van der Waals surface area contributed by atoms with E-state index in [4.69, 9.17) is 4.74 Å². The van der Waals surface area contributed by atoms with Gasteiger partial charge in [-0.3, -0.25) is 9.79 Å². The van der Waals surface area contributed by atoms with Gasteiger partial charge in [0.05, 0.1) is 7.11 Å². The summed E-state index contributed by atoms with van der Waals surface area (Å²) in [5, 5.41) is 6.42. The number of benzene rings is 1. The zero-order valence-electron chi connectivity index (χ0n) is 17.8. The first kappa shape index (κ1) is 21.3. The van der Waals surface area contributed by atoms with Gasteiger partial charge in [0.15, 0.2) is 5.96 Å². The molecule has 7 heteroatoms. The summed E-state index contributed by atoms with van der Waals surface area (Å²) in [4.78, 5) is 21.1. The number of nitrogens with zero attached hydrogens (tertiary/aromatic N) is 3. The van der Waals surface area contributed by atoms with Gasteiger partial charge in [-0.05, 0) is 43.0 Å². The van der Waals surface area contributed by atoms with Crippen molar-refractivity contribution in [2.24, 2.45) is 10.9 Å². The number of nitrogens with one attached hydrogen (secondary N) is 2. The van der Waals surface area contributed by atoms with Crippen LogP contribution >= 0.6 is 0 Å². The molecule has 0 bridgehead atoms. The van der Waals surface area contributed by atoms with Gasteiger partial charge in [-0.2, -0.15) is 0 Å². The Morgan fingerprint density at radius 2 is 1.72 bits per heavy atom. The maximum atomic E-state index is 12.0. The number of rotatable bonds is 7. The fourth-order valence-electron chi connectivity index (χ4n) is 4.23. The van der Waals surface area contributed by atoms with Gasteiger partial charge >= 0.3 is 0 Å². The zero-order valence-corrected chi connectivity index (χ0v) is 17.8. The predicted molar refractivity (Wildman–Crippen MR) is 118 cm³/mol. The van der Waals surface area contributed by atoms with Crippen LogP contribution in [0.1, 0.15) is 32.1 Å². The number of anilines is 1. The van der Waals surface area contributed by atoms with Crippen LogP contribution in [0.4, 0.5) is 5.69 Å². The summed E-state index contributed by atoms with van der Waals surface area (Å²) < 4.78 is 5.24. The van der Waals surface area contributed by atoms with Crippen LogP contribution in [0.25, 0.3) is 0 Å². The van der Waals surface area contributed by atoms with Gasteiger partial charge in [-0.15, -0.1) is 0 Å². The van der Waals surface area contributed by atoms with Crippen molar-refractivity contribution in [2.75, 3.05) is 58.3 Å². The van der Waals surface area contributed by atoms with Gasteiger partial charge < -0.3 is 25.2 Å². The van der Waals surface area contributed by atoms with E-state index in [1.807, 2.05) is 19.2 Å². The maximum Gasteiger partial charge on any atom is 0.220 e. The van der Waals surface area contributed by atoms with E-state index in [0.29, 0.717) is 25.4 Å². The van der Waals surface area contributed by atoms with E-state index in [2.05, 4.69) is 37.6 Å². The molecule has 0 aromatic heterocycles. The molecule has 1 aromatic carbocycles. The number of carbonyl (C=O) groups excluding carboxylic acids is 1. The molecule has 1 heterocycles. The van der Waals surface area contributed by atoms with Crippen LogP contribution in [-0.4, -0.2) is 70.2 Å². The quantitative estimate of drug-likeness (QED) is 0.416. The Bertz CT molecular complexity index is 662. The molecule has 2 N–H and O–H groups in total. The lowest BCUT2D eigenvalue weighted by atomic mass is 10.0. The molecule has 2 fully saturated rings. The van der Waals surface area contributed by atoms with Crippen LogP contribution < -0.4 is 20.3 Å². The molecule has 2 aliphatic rings. The third kappa shape index (κ3) is 6.27. The van der Waals surface area contributed by atoms with Gasteiger partial charge in [0.1, 0.15) is 5.75 Å². The summed E-state index contributed by atoms with van der Waals surface area (Å²) >= 11 is 0. The molecule has 1 aliphatic heterocycles. The predicted octanol–water partition coefficient (Wildman–Crippen LogP) is 2.09. The highest BCUT2D eigenvalue weighted by Crippen LogP contribution is 2.27. The van der Waals surface area contributed by atoms with Crippen molar-refractivity contribution in [3.05, 3.63) is 24.3 Å². The minimum Gasteiger partial charge on any atom is -0.497 e. The van der Waals surface area contributed by atoms with Crippen LogP contribution in [0, 0.1) is 5.92 Å². The Balaban J connectivity index is 1.35. The van der Waals surface area contributed by atoms with E-state index < -0.39 is 0 Å². The summed E-state index contributed by atoms with van der Waals surface area (Å²) in [5.41, 5.74) is 1.22. The summed E-state index contributed by atoms with van der Waals surface area (Å²) in [5.74, 6) is 2.57. The van der Waals surface area contributed by atoms with Crippen molar-refractivity contribution in [1.82, 2.24) is 15.5 Å². The van der Waals surface area contributed by atoms with Crippen molar-refractivity contribution in [1.29, 1.82) is 0 Å². The minimum absolute atomic E-state index is 0.182. The highest BCUT2D eigenvalue weighted by Gasteiger charge is 2.20. The van der Waals surface area contributed by atoms with Gasteiger partial charge in [0, 0.05) is 58.4 Å². The first-order chi connectivity index (χ1) is 14.2. The van der Waals surface area contributed by atoms with Gasteiger partial charge in [-0.1, -0.05) is 12.8 Å². The molecule has 0 radical (unpaired) electrons. The van der Waals surface area contributed by atoms with Crippen molar-refractivity contribution >= 4 is 17.6 Å². The first-order valence-electron chi connectivity index (χ1n) is 10.8. The highest BCUT2D eigenvalue weighted by molar-refractivity contribution is 5.80. The van der Waals surface area contributed by atoms with E-state index in [1.165, 1.54) is 31.4 Å². The highest BCUT2D eigenvalue weighted by atomic mass is 16.5. The van der Waals surface area contributed by atoms with E-state index in [9.17, 15) is 4.79 Å². The lowest BCUT2D eigenvalue weighted by molar-refractivity contribution is -0.121. The Kier molecular flexibility index (Phi) is 8.02. The molecule has 1 amide bonds. The van der Waals surface area contributed by atoms with E-state index in [1.54, 1.807) is 7.11 Å². The van der Waals surface area contributed by atoms with E-state index in [-0.39, 0.29) is 5.91 Å². The molecule has 7 nitrogen and oxygen atoms in total. The average Bonchev–Trinajstić information content (AvgIpc) is 3.27. The van der Waals surface area contributed by atoms with Crippen molar-refractivity contribution < 1.29 is 9.53 Å². The van der Waals surface area contributed by atoms with Crippen molar-refractivity contribution in [3.8, 4) is 5.75 Å². The molecule has 1 aliphatic carbocycles. The molecular formula is C22H35N5O2. The van der Waals surface area contributed by atoms with Gasteiger partial charge in [-0.25, -0.2) is 0 Å². The van der Waals surface area contributed by atoms with Crippen LogP contribution in [0.3, 0.4) is 0 Å². The molecule has 0 unspecified atom stereocenters. The van der Waals surface area contributed by atoms with Crippen LogP contribution in [-0.2, 0) is 4.79 Å². The maximum absolute atomic E-state index is 12.0. The summed E-state index contributed by atoms with van der Waals surface area (Å²) in [6, 6.07) is 8.22. The normalized spacial score (nSPS) is 18.1. The second-order valence-electron chi connectivity index (χ2n) is 7.85. The SMILES string of the molecule is CN=C(NCCNC(=O)CC1CCCC1)N1CCN(c2ccc(OC)cc2)CC1. The Labute approximate surface area is 174 Å². The minimum atomic E-state index is 0.182. The number of methoxy groups -OCH3 is 1. The summed E-state index contributed by atoms with van der Waals surface area (Å²) in [7, 11) is 3.50. The third-order valence-electron chi connectivity index (χ3n) is 5.91. The molecule has 3 rings (SSSR count). The molecule has 1 saturated heterocycles. The van der Waals surface area contributed by atoms with Crippen LogP contribution in [0.5, 0.6) is 5.75 Å². The number of hydrogen-bond acceptors (Lipinski definition) is 4. The average molecular weight is 402 g/mol. The lowest BCUT2D eigenvalue weighted by Gasteiger charge is -2.37. The van der Waals surface area contributed by atoms with Crippen LogP contribution in [0.2, 0.25) is 0 Å². The number of carbonyl (C=O) groups is 1. The standard InChI is InChI=1S/C22H35N5O2/c1-23-22(25-12-11-24-21(28)17-18-5-3-4-6-18)27-15-13-26(14-16-27)19-7-9-20(29-2)10-8-19/h7-10,18H,3-6,11-17H2,1-2H3,(H,23,25)(H,24,28). The number of hydrogen-bond donors (Lipinski definition) is 2. The zero-order chi connectivity index (χ0) is 20.5.